The van der Waals surface area contributed by atoms with Crippen molar-refractivity contribution in [3.05, 3.63) is 21.9 Å². The highest BCUT2D eigenvalue weighted by molar-refractivity contribution is 7.91. The van der Waals surface area contributed by atoms with Crippen molar-refractivity contribution >= 4 is 21.2 Å². The van der Waals surface area contributed by atoms with Crippen LogP contribution in [0.2, 0.25) is 0 Å². The van der Waals surface area contributed by atoms with Crippen LogP contribution in [-0.2, 0) is 22.7 Å². The molecule has 1 aliphatic heterocycles. The van der Waals surface area contributed by atoms with Crippen LogP contribution in [0.3, 0.4) is 0 Å². The molecule has 0 bridgehead atoms. The van der Waals surface area contributed by atoms with E-state index in [9.17, 15) is 13.7 Å². The summed E-state index contributed by atoms with van der Waals surface area (Å²) >= 11 is 1.69. The van der Waals surface area contributed by atoms with Crippen LogP contribution in [-0.4, -0.2) is 19.9 Å². The Kier molecular flexibility index (Phi) is 3.28. The Morgan fingerprint density at radius 3 is 2.65 bits per heavy atom. The molecule has 92 valence electrons. The Morgan fingerprint density at radius 1 is 1.47 bits per heavy atom. The van der Waals surface area contributed by atoms with Crippen LogP contribution in [0.15, 0.2) is 12.1 Å². The quantitative estimate of drug-likeness (QED) is 0.845. The molecule has 1 atom stereocenters. The van der Waals surface area contributed by atoms with E-state index in [0.29, 0.717) is 12.8 Å². The molecule has 2 heterocycles. The van der Waals surface area contributed by atoms with Crippen LogP contribution in [0.5, 0.6) is 0 Å². The summed E-state index contributed by atoms with van der Waals surface area (Å²) in [5.74, 6) is 0.183. The number of hydrogen-bond donors (Lipinski definition) is 0. The second kappa shape index (κ2) is 4.43. The molecule has 1 aliphatic rings. The number of hydrogen-bond acceptors (Lipinski definition) is 4. The minimum absolute atomic E-state index is 0.0237. The summed E-state index contributed by atoms with van der Waals surface area (Å²) in [6.45, 7) is 2.09. The second-order valence-electron chi connectivity index (χ2n) is 4.63. The molecule has 0 aliphatic carbocycles. The molecule has 0 radical (unpaired) electrons. The lowest BCUT2D eigenvalue weighted by Crippen LogP contribution is -2.22. The minimum Gasteiger partial charge on any atom is -0.229 e. The Morgan fingerprint density at radius 2 is 2.18 bits per heavy atom. The maximum atomic E-state index is 11.5. The van der Waals surface area contributed by atoms with Crippen molar-refractivity contribution in [2.75, 3.05) is 11.5 Å². The topological polar surface area (TPSA) is 57.9 Å². The van der Waals surface area contributed by atoms with Gasteiger partial charge >= 0.3 is 0 Å². The van der Waals surface area contributed by atoms with Gasteiger partial charge in [0.15, 0.2) is 9.84 Å². The lowest BCUT2D eigenvalue weighted by atomic mass is 9.85. The van der Waals surface area contributed by atoms with Gasteiger partial charge in [-0.15, -0.1) is 11.3 Å². The number of sulfone groups is 1. The van der Waals surface area contributed by atoms with E-state index in [1.807, 2.05) is 6.07 Å². The highest BCUT2D eigenvalue weighted by Gasteiger charge is 2.42. The number of aryl methyl sites for hydroxylation is 1. The summed E-state index contributed by atoms with van der Waals surface area (Å²) in [4.78, 5) is 2.41. The zero-order valence-electron chi connectivity index (χ0n) is 9.77. The van der Waals surface area contributed by atoms with Gasteiger partial charge in [0.2, 0.25) is 0 Å². The molecule has 0 aromatic carbocycles. The third-order valence-electron chi connectivity index (χ3n) is 3.20. The predicted octanol–water partition coefficient (Wildman–Crippen LogP) is 2.18. The fraction of sp³-hybridized carbons (Fsp3) is 0.583. The summed E-state index contributed by atoms with van der Waals surface area (Å²) in [5.41, 5.74) is -0.686. The van der Waals surface area contributed by atoms with Crippen molar-refractivity contribution in [1.29, 1.82) is 5.26 Å². The molecular weight excluding hydrogens is 254 g/mol. The van der Waals surface area contributed by atoms with Gasteiger partial charge < -0.3 is 0 Å². The zero-order valence-corrected chi connectivity index (χ0v) is 11.4. The summed E-state index contributed by atoms with van der Waals surface area (Å²) in [6, 6.07) is 6.32. The molecule has 17 heavy (non-hydrogen) atoms. The van der Waals surface area contributed by atoms with E-state index < -0.39 is 15.3 Å². The van der Waals surface area contributed by atoms with Gasteiger partial charge in [0.25, 0.3) is 0 Å². The maximum absolute atomic E-state index is 11.5. The summed E-state index contributed by atoms with van der Waals surface area (Å²) < 4.78 is 23.0. The fourth-order valence-corrected chi connectivity index (χ4v) is 5.32. The van der Waals surface area contributed by atoms with Crippen LogP contribution < -0.4 is 0 Å². The van der Waals surface area contributed by atoms with Crippen molar-refractivity contribution in [2.45, 2.75) is 26.2 Å². The first kappa shape index (κ1) is 12.6. The van der Waals surface area contributed by atoms with Gasteiger partial charge in [-0.1, -0.05) is 6.92 Å². The largest absolute Gasteiger partial charge is 0.229 e. The zero-order chi connectivity index (χ0) is 12.5. The molecule has 1 fully saturated rings. The fourth-order valence-electron chi connectivity index (χ4n) is 2.22. The van der Waals surface area contributed by atoms with E-state index in [4.69, 9.17) is 0 Å². The first-order valence-corrected chi connectivity index (χ1v) is 8.32. The SMILES string of the molecule is CCc1ccc(CC2(C#N)CCS(=O)(=O)C2)s1. The Labute approximate surface area is 106 Å². The molecule has 0 spiro atoms. The van der Waals surface area contributed by atoms with Crippen LogP contribution >= 0.6 is 11.3 Å². The van der Waals surface area contributed by atoms with Crippen LogP contribution in [0, 0.1) is 16.7 Å². The van der Waals surface area contributed by atoms with Crippen LogP contribution in [0.4, 0.5) is 0 Å². The van der Waals surface area contributed by atoms with Gasteiger partial charge in [-0.2, -0.15) is 5.26 Å². The molecule has 1 aromatic rings. The van der Waals surface area contributed by atoms with Gasteiger partial charge in [-0.3, -0.25) is 0 Å². The molecule has 0 N–H and O–H groups in total. The first-order chi connectivity index (χ1) is 7.99. The van der Waals surface area contributed by atoms with E-state index in [1.54, 1.807) is 11.3 Å². The van der Waals surface area contributed by atoms with Gasteiger partial charge in [0, 0.05) is 16.2 Å². The van der Waals surface area contributed by atoms with Gasteiger partial charge in [0.05, 0.1) is 23.0 Å². The maximum Gasteiger partial charge on any atom is 0.151 e. The van der Waals surface area contributed by atoms with Gasteiger partial charge in [-0.25, -0.2) is 8.42 Å². The van der Waals surface area contributed by atoms with Crippen molar-refractivity contribution in [3.8, 4) is 6.07 Å². The summed E-state index contributed by atoms with van der Waals surface area (Å²) in [7, 11) is -3.00. The van der Waals surface area contributed by atoms with E-state index in [0.717, 1.165) is 11.3 Å². The van der Waals surface area contributed by atoms with Crippen LogP contribution in [0.1, 0.15) is 23.1 Å². The van der Waals surface area contributed by atoms with Crippen LogP contribution in [0.25, 0.3) is 0 Å². The van der Waals surface area contributed by atoms with Crippen molar-refractivity contribution in [2.24, 2.45) is 5.41 Å². The molecule has 5 heteroatoms. The van der Waals surface area contributed by atoms with E-state index >= 15 is 0 Å². The van der Waals surface area contributed by atoms with Gasteiger partial charge in [0.1, 0.15) is 0 Å². The normalized spacial score (nSPS) is 26.8. The van der Waals surface area contributed by atoms with Crippen molar-refractivity contribution < 1.29 is 8.42 Å². The van der Waals surface area contributed by atoms with Gasteiger partial charge in [-0.05, 0) is 25.0 Å². The molecule has 1 unspecified atom stereocenters. The Hall–Kier alpha value is -0.860. The predicted molar refractivity (Wildman–Crippen MR) is 68.7 cm³/mol. The number of rotatable bonds is 3. The highest BCUT2D eigenvalue weighted by atomic mass is 32.2. The average Bonchev–Trinajstić information content (AvgIpc) is 2.84. The summed E-state index contributed by atoms with van der Waals surface area (Å²) in [6.07, 6.45) is 2.04. The molecular formula is C12H15NO2S2. The monoisotopic (exact) mass is 269 g/mol. The molecule has 1 saturated heterocycles. The summed E-state index contributed by atoms with van der Waals surface area (Å²) in [5, 5.41) is 9.26. The van der Waals surface area contributed by atoms with E-state index in [-0.39, 0.29) is 11.5 Å². The van der Waals surface area contributed by atoms with E-state index in [1.165, 1.54) is 4.88 Å². The smallest absolute Gasteiger partial charge is 0.151 e. The standard InChI is InChI=1S/C12H15NO2S2/c1-2-10-3-4-11(16-10)7-12(8-13)5-6-17(14,15)9-12/h3-4H,2,5-7,9H2,1H3. The van der Waals surface area contributed by atoms with E-state index in [2.05, 4.69) is 19.1 Å². The minimum atomic E-state index is -3.00. The number of nitriles is 1. The Balaban J connectivity index is 2.19. The number of thiophene rings is 1. The molecule has 1 aromatic heterocycles. The molecule has 0 amide bonds. The lowest BCUT2D eigenvalue weighted by Gasteiger charge is -2.16. The van der Waals surface area contributed by atoms with Crippen molar-refractivity contribution in [1.82, 2.24) is 0 Å². The molecule has 2 rings (SSSR count). The average molecular weight is 269 g/mol. The van der Waals surface area contributed by atoms with Crippen molar-refractivity contribution in [3.63, 3.8) is 0 Å². The molecule has 0 saturated carbocycles. The first-order valence-electron chi connectivity index (χ1n) is 5.68. The second-order valence-corrected chi connectivity index (χ2v) is 8.07. The number of nitrogens with zero attached hydrogens (tertiary/aromatic N) is 1. The third kappa shape index (κ3) is 2.70. The third-order valence-corrected chi connectivity index (χ3v) is 6.25. The Bertz CT molecular complexity index is 553. The highest BCUT2D eigenvalue weighted by Crippen LogP contribution is 2.36. The lowest BCUT2D eigenvalue weighted by molar-refractivity contribution is 0.455. The molecule has 3 nitrogen and oxygen atoms in total.